The van der Waals surface area contributed by atoms with Gasteiger partial charge in [-0.3, -0.25) is 0 Å². The number of rotatable bonds is 2. The van der Waals surface area contributed by atoms with Crippen LogP contribution in [0.4, 0.5) is 0 Å². The molecule has 0 bridgehead atoms. The lowest BCUT2D eigenvalue weighted by molar-refractivity contribution is -0.00836. The first kappa shape index (κ1) is 15.6. The number of hydrogen-bond acceptors (Lipinski definition) is 1. The van der Waals surface area contributed by atoms with E-state index in [0.29, 0.717) is 10.6 Å². The molecule has 0 amide bonds. The van der Waals surface area contributed by atoms with Crippen molar-refractivity contribution in [2.45, 2.75) is 26.4 Å². The summed E-state index contributed by atoms with van der Waals surface area (Å²) in [6.07, 6.45) is 5.68. The van der Waals surface area contributed by atoms with E-state index in [1.165, 1.54) is 0 Å². The molecule has 0 aliphatic carbocycles. The molecule has 0 aromatic heterocycles. The number of hydrogen-bond donors (Lipinski definition) is 1. The van der Waals surface area contributed by atoms with Gasteiger partial charge in [0, 0.05) is 16.0 Å². The molecular weight excluding hydrogens is 280 g/mol. The zero-order valence-electron chi connectivity index (χ0n) is 12.5. The zero-order chi connectivity index (χ0) is 15.7. The summed E-state index contributed by atoms with van der Waals surface area (Å²) < 4.78 is 0. The smallest absolute Gasteiger partial charge is 0.156 e. The van der Waals surface area contributed by atoms with Crippen molar-refractivity contribution in [3.05, 3.63) is 59.1 Å². The van der Waals surface area contributed by atoms with E-state index in [-0.39, 0.29) is 0 Å². The monoisotopic (exact) mass is 298 g/mol. The number of aliphatic hydroxyl groups is 1. The van der Waals surface area contributed by atoms with Crippen LogP contribution in [-0.2, 0) is 5.60 Å². The molecule has 2 aromatic carbocycles. The van der Waals surface area contributed by atoms with E-state index in [0.717, 1.165) is 11.1 Å². The SMILES string of the molecule is C#CC(O)(c1cc(Cl)ccc1-c1ccccc1)C(C)(C)C. The van der Waals surface area contributed by atoms with Crippen molar-refractivity contribution < 1.29 is 5.11 Å². The summed E-state index contributed by atoms with van der Waals surface area (Å²) in [4.78, 5) is 0. The Kier molecular flexibility index (Phi) is 4.14. The molecule has 0 heterocycles. The summed E-state index contributed by atoms with van der Waals surface area (Å²) in [7, 11) is 0. The van der Waals surface area contributed by atoms with Crippen molar-refractivity contribution >= 4 is 11.6 Å². The minimum Gasteiger partial charge on any atom is -0.373 e. The van der Waals surface area contributed by atoms with Crippen LogP contribution in [0.15, 0.2) is 48.5 Å². The van der Waals surface area contributed by atoms with Crippen LogP contribution in [0.5, 0.6) is 0 Å². The van der Waals surface area contributed by atoms with Gasteiger partial charge in [0.1, 0.15) is 0 Å². The summed E-state index contributed by atoms with van der Waals surface area (Å²) in [6.45, 7) is 5.76. The van der Waals surface area contributed by atoms with E-state index in [9.17, 15) is 5.11 Å². The summed E-state index contributed by atoms with van der Waals surface area (Å²) in [6, 6.07) is 15.3. The molecule has 2 heteroatoms. The first-order valence-corrected chi connectivity index (χ1v) is 7.23. The lowest BCUT2D eigenvalue weighted by atomic mass is 9.71. The van der Waals surface area contributed by atoms with Crippen molar-refractivity contribution in [1.29, 1.82) is 0 Å². The molecule has 0 saturated carbocycles. The maximum absolute atomic E-state index is 11.1. The van der Waals surface area contributed by atoms with Gasteiger partial charge in [0.05, 0.1) is 0 Å². The molecule has 108 valence electrons. The molecule has 0 aliphatic rings. The lowest BCUT2D eigenvalue weighted by Gasteiger charge is -2.37. The van der Waals surface area contributed by atoms with Gasteiger partial charge in [0.25, 0.3) is 0 Å². The van der Waals surface area contributed by atoms with Crippen LogP contribution >= 0.6 is 11.6 Å². The maximum Gasteiger partial charge on any atom is 0.156 e. The van der Waals surface area contributed by atoms with Crippen molar-refractivity contribution in [3.63, 3.8) is 0 Å². The van der Waals surface area contributed by atoms with Gasteiger partial charge < -0.3 is 5.11 Å². The van der Waals surface area contributed by atoms with E-state index in [4.69, 9.17) is 18.0 Å². The van der Waals surface area contributed by atoms with E-state index in [1.54, 1.807) is 6.07 Å². The molecule has 2 aromatic rings. The molecule has 0 spiro atoms. The second kappa shape index (κ2) is 5.56. The molecule has 0 radical (unpaired) electrons. The molecule has 1 atom stereocenters. The van der Waals surface area contributed by atoms with Crippen LogP contribution in [0.25, 0.3) is 11.1 Å². The van der Waals surface area contributed by atoms with Gasteiger partial charge in [-0.15, -0.1) is 6.42 Å². The molecule has 2 rings (SSSR count). The van der Waals surface area contributed by atoms with Crippen LogP contribution in [0.1, 0.15) is 26.3 Å². The molecule has 0 aliphatic heterocycles. The van der Waals surface area contributed by atoms with Crippen LogP contribution < -0.4 is 0 Å². The topological polar surface area (TPSA) is 20.2 Å². The Balaban J connectivity index is 2.75. The van der Waals surface area contributed by atoms with Gasteiger partial charge in [-0.25, -0.2) is 0 Å². The summed E-state index contributed by atoms with van der Waals surface area (Å²) in [5, 5.41) is 11.7. The summed E-state index contributed by atoms with van der Waals surface area (Å²) >= 11 is 6.14. The predicted molar refractivity (Wildman–Crippen MR) is 89.1 cm³/mol. The van der Waals surface area contributed by atoms with Gasteiger partial charge >= 0.3 is 0 Å². The fourth-order valence-electron chi connectivity index (χ4n) is 2.38. The lowest BCUT2D eigenvalue weighted by Crippen LogP contribution is -2.39. The Morgan fingerprint density at radius 1 is 1.05 bits per heavy atom. The number of halogens is 1. The zero-order valence-corrected chi connectivity index (χ0v) is 13.3. The van der Waals surface area contributed by atoms with E-state index < -0.39 is 11.0 Å². The quantitative estimate of drug-likeness (QED) is 0.784. The first-order valence-electron chi connectivity index (χ1n) is 6.85. The minimum atomic E-state index is -1.40. The van der Waals surface area contributed by atoms with Crippen LogP contribution in [0.2, 0.25) is 5.02 Å². The van der Waals surface area contributed by atoms with Crippen LogP contribution in [0.3, 0.4) is 0 Å². The highest BCUT2D eigenvalue weighted by molar-refractivity contribution is 6.30. The van der Waals surface area contributed by atoms with E-state index >= 15 is 0 Å². The van der Waals surface area contributed by atoms with E-state index in [2.05, 4.69) is 5.92 Å². The second-order valence-corrected chi connectivity index (χ2v) is 6.60. The average Bonchev–Trinajstić information content (AvgIpc) is 2.46. The van der Waals surface area contributed by atoms with Crippen LogP contribution in [0, 0.1) is 17.8 Å². The van der Waals surface area contributed by atoms with Crippen LogP contribution in [-0.4, -0.2) is 5.11 Å². The van der Waals surface area contributed by atoms with Crippen molar-refractivity contribution in [1.82, 2.24) is 0 Å². The Labute approximate surface area is 131 Å². The Hall–Kier alpha value is -1.75. The van der Waals surface area contributed by atoms with Gasteiger partial charge in [0.15, 0.2) is 5.60 Å². The van der Waals surface area contributed by atoms with Gasteiger partial charge in [-0.1, -0.05) is 74.7 Å². The standard InChI is InChI=1S/C19H19ClO/c1-5-19(21,18(2,3)4)17-13-15(20)11-12-16(17)14-9-7-6-8-10-14/h1,6-13,21H,2-4H3. The highest BCUT2D eigenvalue weighted by Crippen LogP contribution is 2.43. The largest absolute Gasteiger partial charge is 0.373 e. The molecule has 1 N–H and O–H groups in total. The molecule has 1 nitrogen and oxygen atoms in total. The maximum atomic E-state index is 11.1. The normalized spacial score (nSPS) is 14.3. The summed E-state index contributed by atoms with van der Waals surface area (Å²) in [5.74, 6) is 2.57. The average molecular weight is 299 g/mol. The van der Waals surface area contributed by atoms with Gasteiger partial charge in [-0.05, 0) is 23.3 Å². The third kappa shape index (κ3) is 2.83. The number of benzene rings is 2. The Morgan fingerprint density at radius 3 is 2.19 bits per heavy atom. The summed E-state index contributed by atoms with van der Waals surface area (Å²) in [5.41, 5.74) is 0.646. The predicted octanol–water partition coefficient (Wildman–Crippen LogP) is 4.87. The Bertz CT molecular complexity index is 677. The molecule has 0 saturated heterocycles. The van der Waals surface area contributed by atoms with Crippen molar-refractivity contribution in [2.75, 3.05) is 0 Å². The van der Waals surface area contributed by atoms with E-state index in [1.807, 2.05) is 63.2 Å². The molecule has 0 fully saturated rings. The molecule has 1 unspecified atom stereocenters. The fourth-order valence-corrected chi connectivity index (χ4v) is 2.56. The number of terminal acetylenes is 1. The Morgan fingerprint density at radius 2 is 1.67 bits per heavy atom. The highest BCUT2D eigenvalue weighted by atomic mass is 35.5. The van der Waals surface area contributed by atoms with Gasteiger partial charge in [-0.2, -0.15) is 0 Å². The molecular formula is C19H19ClO. The third-order valence-corrected chi connectivity index (χ3v) is 3.99. The second-order valence-electron chi connectivity index (χ2n) is 6.16. The highest BCUT2D eigenvalue weighted by Gasteiger charge is 2.41. The van der Waals surface area contributed by atoms with Crippen molar-refractivity contribution in [3.8, 4) is 23.5 Å². The van der Waals surface area contributed by atoms with Crippen molar-refractivity contribution in [2.24, 2.45) is 5.41 Å². The first-order chi connectivity index (χ1) is 9.79. The minimum absolute atomic E-state index is 0.518. The fraction of sp³-hybridized carbons (Fsp3) is 0.263. The van der Waals surface area contributed by atoms with Gasteiger partial charge in [0.2, 0.25) is 0 Å². The third-order valence-electron chi connectivity index (χ3n) is 3.75. The molecule has 21 heavy (non-hydrogen) atoms.